The summed E-state index contributed by atoms with van der Waals surface area (Å²) >= 11 is 5.94. The molecular weight excluding hydrogens is 400 g/mol. The average molecular weight is 420 g/mol. The van der Waals surface area contributed by atoms with Crippen molar-refractivity contribution < 1.29 is 18.3 Å². The highest BCUT2D eigenvalue weighted by atomic mass is 35.5. The highest BCUT2D eigenvalue weighted by Crippen LogP contribution is 2.20. The zero-order chi connectivity index (χ0) is 21.0. The predicted molar refractivity (Wildman–Crippen MR) is 107 cm³/mol. The van der Waals surface area contributed by atoms with E-state index < -0.39 is 6.61 Å². The first kappa shape index (κ1) is 20.8. The van der Waals surface area contributed by atoms with Gasteiger partial charge in [0.25, 0.3) is 0 Å². The predicted octanol–water partition coefficient (Wildman–Crippen LogP) is 4.60. The summed E-state index contributed by atoms with van der Waals surface area (Å²) in [6, 6.07) is 13.5. The molecule has 0 aliphatic heterocycles. The molecule has 0 saturated heterocycles. The fourth-order valence-electron chi connectivity index (χ4n) is 2.98. The molecule has 0 bridgehead atoms. The number of amides is 1. The van der Waals surface area contributed by atoms with E-state index in [2.05, 4.69) is 15.2 Å². The Labute approximate surface area is 172 Å². The topological polar surface area (TPSA) is 56.2 Å². The van der Waals surface area contributed by atoms with Crippen molar-refractivity contribution in [1.82, 2.24) is 15.1 Å². The average Bonchev–Trinajstić information content (AvgIpc) is 2.96. The van der Waals surface area contributed by atoms with E-state index in [-0.39, 0.29) is 24.6 Å². The van der Waals surface area contributed by atoms with Gasteiger partial charge in [-0.15, -0.1) is 0 Å². The van der Waals surface area contributed by atoms with Crippen LogP contribution in [-0.2, 0) is 17.8 Å². The third-order valence-corrected chi connectivity index (χ3v) is 4.74. The van der Waals surface area contributed by atoms with Gasteiger partial charge in [0.15, 0.2) is 0 Å². The fraction of sp³-hybridized carbons (Fsp3) is 0.238. The van der Waals surface area contributed by atoms with Crippen LogP contribution < -0.4 is 10.1 Å². The van der Waals surface area contributed by atoms with Crippen molar-refractivity contribution in [3.8, 4) is 11.4 Å². The van der Waals surface area contributed by atoms with Gasteiger partial charge < -0.3 is 10.1 Å². The van der Waals surface area contributed by atoms with Crippen molar-refractivity contribution in [1.29, 1.82) is 0 Å². The second kappa shape index (κ2) is 9.05. The summed E-state index contributed by atoms with van der Waals surface area (Å²) < 4.78 is 30.5. The first-order valence-corrected chi connectivity index (χ1v) is 9.33. The molecule has 1 amide bonds. The second-order valence-electron chi connectivity index (χ2n) is 6.51. The van der Waals surface area contributed by atoms with Gasteiger partial charge in [0, 0.05) is 22.8 Å². The zero-order valence-electron chi connectivity index (χ0n) is 16.0. The minimum Gasteiger partial charge on any atom is -0.435 e. The Hall–Kier alpha value is -2.93. The number of rotatable bonds is 7. The minimum atomic E-state index is -2.86. The minimum absolute atomic E-state index is 0.0796. The Morgan fingerprint density at radius 2 is 1.79 bits per heavy atom. The third kappa shape index (κ3) is 5.32. The summed E-state index contributed by atoms with van der Waals surface area (Å²) in [5.41, 5.74) is 4.17. The molecular formula is C21H20ClF2N3O2. The summed E-state index contributed by atoms with van der Waals surface area (Å²) in [7, 11) is 0. The number of alkyl halides is 2. The number of hydrogen-bond donors (Lipinski definition) is 1. The van der Waals surface area contributed by atoms with E-state index in [4.69, 9.17) is 11.6 Å². The number of benzene rings is 2. The largest absolute Gasteiger partial charge is 0.435 e. The van der Waals surface area contributed by atoms with Crippen LogP contribution in [0, 0.1) is 13.8 Å². The molecule has 3 aromatic rings. The summed E-state index contributed by atoms with van der Waals surface area (Å²) in [4.78, 5) is 12.4. The number of ether oxygens (including phenoxy) is 1. The smallest absolute Gasteiger partial charge is 0.387 e. The van der Waals surface area contributed by atoms with Crippen LogP contribution in [0.25, 0.3) is 5.69 Å². The molecule has 2 aromatic carbocycles. The zero-order valence-corrected chi connectivity index (χ0v) is 16.7. The SMILES string of the molecule is Cc1nn(-c2ccc(Cl)cc2)c(C)c1CC(=O)NCc1ccc(OC(F)F)cc1. The standard InChI is InChI=1S/C21H20ClF2N3O2/c1-13-19(14(2)27(26-13)17-7-5-16(22)6-8-17)11-20(28)25-12-15-3-9-18(10-4-15)29-21(23)24/h3-10,21H,11-12H2,1-2H3,(H,25,28). The van der Waals surface area contributed by atoms with Crippen molar-refractivity contribution in [2.24, 2.45) is 0 Å². The second-order valence-corrected chi connectivity index (χ2v) is 6.95. The molecule has 0 radical (unpaired) electrons. The van der Waals surface area contributed by atoms with E-state index in [0.29, 0.717) is 5.02 Å². The van der Waals surface area contributed by atoms with Crippen LogP contribution in [0.3, 0.4) is 0 Å². The first-order chi connectivity index (χ1) is 13.8. The molecule has 8 heteroatoms. The fourth-order valence-corrected chi connectivity index (χ4v) is 3.10. The third-order valence-electron chi connectivity index (χ3n) is 4.49. The van der Waals surface area contributed by atoms with Crippen molar-refractivity contribution in [3.63, 3.8) is 0 Å². The molecule has 0 atom stereocenters. The van der Waals surface area contributed by atoms with Gasteiger partial charge in [-0.1, -0.05) is 23.7 Å². The summed E-state index contributed by atoms with van der Waals surface area (Å²) in [6.45, 7) is 1.21. The molecule has 3 rings (SSSR count). The van der Waals surface area contributed by atoms with Crippen molar-refractivity contribution in [2.45, 2.75) is 33.4 Å². The molecule has 0 fully saturated rings. The number of hydrogen-bond acceptors (Lipinski definition) is 3. The lowest BCUT2D eigenvalue weighted by atomic mass is 10.1. The molecule has 1 heterocycles. The quantitative estimate of drug-likeness (QED) is 0.608. The van der Waals surface area contributed by atoms with Gasteiger partial charge in [0.2, 0.25) is 5.91 Å². The molecule has 29 heavy (non-hydrogen) atoms. The molecule has 5 nitrogen and oxygen atoms in total. The number of nitrogens with zero attached hydrogens (tertiary/aromatic N) is 2. The molecule has 0 aliphatic carbocycles. The van der Waals surface area contributed by atoms with Crippen LogP contribution in [-0.4, -0.2) is 22.3 Å². The maximum Gasteiger partial charge on any atom is 0.387 e. The van der Waals surface area contributed by atoms with Crippen LogP contribution >= 0.6 is 11.6 Å². The van der Waals surface area contributed by atoms with Gasteiger partial charge in [-0.3, -0.25) is 4.79 Å². The van der Waals surface area contributed by atoms with Gasteiger partial charge in [-0.05, 0) is 55.8 Å². The maximum atomic E-state index is 12.4. The lowest BCUT2D eigenvalue weighted by molar-refractivity contribution is -0.120. The maximum absolute atomic E-state index is 12.4. The molecule has 0 spiro atoms. The van der Waals surface area contributed by atoms with E-state index in [1.165, 1.54) is 12.1 Å². The molecule has 0 aliphatic rings. The van der Waals surface area contributed by atoms with E-state index in [1.54, 1.807) is 28.9 Å². The highest BCUT2D eigenvalue weighted by molar-refractivity contribution is 6.30. The molecule has 152 valence electrons. The Balaban J connectivity index is 1.63. The summed E-state index contributed by atoms with van der Waals surface area (Å²) in [5, 5.41) is 8.01. The van der Waals surface area contributed by atoms with Crippen molar-refractivity contribution >= 4 is 17.5 Å². The van der Waals surface area contributed by atoms with E-state index >= 15 is 0 Å². The number of aryl methyl sites for hydroxylation is 1. The van der Waals surface area contributed by atoms with Crippen molar-refractivity contribution in [3.05, 3.63) is 76.1 Å². The Bertz CT molecular complexity index is 986. The van der Waals surface area contributed by atoms with Gasteiger partial charge in [-0.2, -0.15) is 13.9 Å². The van der Waals surface area contributed by atoms with Crippen LogP contribution in [0.1, 0.15) is 22.5 Å². The van der Waals surface area contributed by atoms with Crippen LogP contribution in [0.15, 0.2) is 48.5 Å². The number of carbonyl (C=O) groups excluding carboxylic acids is 1. The first-order valence-electron chi connectivity index (χ1n) is 8.95. The van der Waals surface area contributed by atoms with Crippen LogP contribution in [0.5, 0.6) is 5.75 Å². The Kier molecular flexibility index (Phi) is 6.49. The Morgan fingerprint density at radius 3 is 2.41 bits per heavy atom. The molecule has 1 aromatic heterocycles. The van der Waals surface area contributed by atoms with E-state index in [9.17, 15) is 13.6 Å². The van der Waals surface area contributed by atoms with Gasteiger partial charge in [0.05, 0.1) is 17.8 Å². The van der Waals surface area contributed by atoms with Gasteiger partial charge in [-0.25, -0.2) is 4.68 Å². The summed E-state index contributed by atoms with van der Waals surface area (Å²) in [6.07, 6.45) is 0.192. The van der Waals surface area contributed by atoms with Gasteiger partial charge >= 0.3 is 6.61 Å². The number of nitrogens with one attached hydrogen (secondary N) is 1. The number of carbonyl (C=O) groups is 1. The summed E-state index contributed by atoms with van der Waals surface area (Å²) in [5.74, 6) is -0.0734. The number of halogens is 3. The molecule has 0 unspecified atom stereocenters. The van der Waals surface area contributed by atoms with E-state index in [0.717, 1.165) is 28.2 Å². The lowest BCUT2D eigenvalue weighted by Gasteiger charge is -2.08. The van der Waals surface area contributed by atoms with E-state index in [1.807, 2.05) is 26.0 Å². The van der Waals surface area contributed by atoms with Gasteiger partial charge in [0.1, 0.15) is 5.75 Å². The lowest BCUT2D eigenvalue weighted by Crippen LogP contribution is -2.25. The normalized spacial score (nSPS) is 11.0. The highest BCUT2D eigenvalue weighted by Gasteiger charge is 2.16. The number of aromatic nitrogens is 2. The van der Waals surface area contributed by atoms with Crippen LogP contribution in [0.2, 0.25) is 5.02 Å². The van der Waals surface area contributed by atoms with Crippen molar-refractivity contribution in [2.75, 3.05) is 0 Å². The van der Waals surface area contributed by atoms with Crippen LogP contribution in [0.4, 0.5) is 8.78 Å². The Morgan fingerprint density at radius 1 is 1.14 bits per heavy atom. The molecule has 1 N–H and O–H groups in total. The molecule has 0 saturated carbocycles. The monoisotopic (exact) mass is 419 g/mol.